The quantitative estimate of drug-likeness (QED) is 0.0381. The summed E-state index contributed by atoms with van der Waals surface area (Å²) in [4.78, 5) is 81.8. The third-order valence-corrected chi connectivity index (χ3v) is 9.55. The molecule has 0 spiro atoms. The number of carboxylic acid groups (broad SMARTS) is 1. The molecule has 68 heavy (non-hydrogen) atoms. The van der Waals surface area contributed by atoms with Crippen LogP contribution in [0.15, 0.2) is 36.4 Å². The van der Waals surface area contributed by atoms with Gasteiger partial charge in [-0.15, -0.1) is 0 Å². The molecule has 23 nitrogen and oxygen atoms in total. The summed E-state index contributed by atoms with van der Waals surface area (Å²) in [6.07, 6.45) is 3.87. The number of carbonyl (C=O) groups excluding carboxylic acids is 5. The van der Waals surface area contributed by atoms with Crippen molar-refractivity contribution in [3.63, 3.8) is 0 Å². The van der Waals surface area contributed by atoms with E-state index in [4.69, 9.17) is 37.9 Å². The van der Waals surface area contributed by atoms with Crippen molar-refractivity contribution in [1.82, 2.24) is 30.8 Å². The topological polar surface area (TPSA) is 294 Å². The summed E-state index contributed by atoms with van der Waals surface area (Å²) in [7, 11) is 0. The molecule has 2 heterocycles. The predicted octanol–water partition coefficient (Wildman–Crippen LogP) is 0.0971. The van der Waals surface area contributed by atoms with Crippen LogP contribution < -0.4 is 21.3 Å². The zero-order chi connectivity index (χ0) is 49.2. The molecule has 0 saturated heterocycles. The van der Waals surface area contributed by atoms with Crippen molar-refractivity contribution in [2.75, 3.05) is 137 Å². The monoisotopic (exact) mass is 961 g/mol. The number of benzene rings is 1. The van der Waals surface area contributed by atoms with Crippen molar-refractivity contribution >= 4 is 41.5 Å². The van der Waals surface area contributed by atoms with Gasteiger partial charge in [0.25, 0.3) is 17.7 Å². The molecule has 0 fully saturated rings. The Balaban J connectivity index is 1.04. The molecule has 0 aliphatic carbocycles. The van der Waals surface area contributed by atoms with Gasteiger partial charge in [0.05, 0.1) is 123 Å². The number of phenolic OH excluding ortho intramolecular Hbond substituents is 1. The summed E-state index contributed by atoms with van der Waals surface area (Å²) in [5.41, 5.74) is 1.87. The maximum atomic E-state index is 13.1. The zero-order valence-electron chi connectivity index (χ0n) is 39.0. The first-order valence-electron chi connectivity index (χ1n) is 22.5. The fourth-order valence-corrected chi connectivity index (χ4v) is 6.09. The second-order valence-electron chi connectivity index (χ2n) is 14.9. The number of rotatable bonds is 40. The van der Waals surface area contributed by atoms with Gasteiger partial charge in [-0.05, 0) is 44.4 Å². The number of aromatic hydroxyl groups is 1. The first-order valence-corrected chi connectivity index (χ1v) is 22.5. The van der Waals surface area contributed by atoms with E-state index in [0.717, 1.165) is 23.3 Å². The Kier molecular flexibility index (Phi) is 28.8. The summed E-state index contributed by atoms with van der Waals surface area (Å²) >= 11 is 0. The summed E-state index contributed by atoms with van der Waals surface area (Å²) in [6.45, 7) is 9.46. The van der Waals surface area contributed by atoms with Gasteiger partial charge in [0.15, 0.2) is 0 Å². The molecule has 1 atom stereocenters. The largest absolute Gasteiger partial charge is 0.508 e. The van der Waals surface area contributed by atoms with Crippen LogP contribution in [0.1, 0.15) is 46.6 Å². The molecule has 1 aliphatic heterocycles. The number of hydrogen-bond acceptors (Lipinski definition) is 18. The molecule has 0 saturated carbocycles. The van der Waals surface area contributed by atoms with E-state index >= 15 is 0 Å². The Morgan fingerprint density at radius 1 is 0.647 bits per heavy atom. The van der Waals surface area contributed by atoms with Crippen molar-refractivity contribution < 1.29 is 76.9 Å². The first-order chi connectivity index (χ1) is 32.9. The second-order valence-corrected chi connectivity index (χ2v) is 14.9. The van der Waals surface area contributed by atoms with Crippen LogP contribution in [0.25, 0.3) is 0 Å². The van der Waals surface area contributed by atoms with Gasteiger partial charge in [-0.3, -0.25) is 28.9 Å². The Bertz CT molecular complexity index is 1850. The number of carbonyl (C=O) groups is 6. The van der Waals surface area contributed by atoms with Crippen LogP contribution >= 0.6 is 0 Å². The SMILES string of the molecule is Cc1nc(NCCCc2cccc(O)c2)nc(C)c1C(=O)N[C@@H](CNC(=O)CCOCCOCCOCCOCCOCCOCCOCCOCCNC(=O)CCN1C(=O)C=CC1=O)C(=O)O. The van der Waals surface area contributed by atoms with Gasteiger partial charge in [0.1, 0.15) is 11.8 Å². The number of nitrogens with one attached hydrogen (secondary N) is 4. The minimum absolute atomic E-state index is 0.0175. The van der Waals surface area contributed by atoms with E-state index in [2.05, 4.69) is 31.2 Å². The number of aliphatic carboxylic acids is 1. The number of nitrogens with zero attached hydrogens (tertiary/aromatic N) is 3. The molecular weight excluding hydrogens is 895 g/mol. The van der Waals surface area contributed by atoms with Gasteiger partial charge in [-0.2, -0.15) is 0 Å². The van der Waals surface area contributed by atoms with Crippen molar-refractivity contribution in [1.29, 1.82) is 0 Å². The maximum absolute atomic E-state index is 13.1. The number of aryl methyl sites for hydroxylation is 3. The van der Waals surface area contributed by atoms with Crippen LogP contribution in [-0.2, 0) is 68.3 Å². The van der Waals surface area contributed by atoms with Crippen LogP contribution in [0.3, 0.4) is 0 Å². The molecule has 6 N–H and O–H groups in total. The Morgan fingerprint density at radius 3 is 1.63 bits per heavy atom. The van der Waals surface area contributed by atoms with Crippen LogP contribution in [0.5, 0.6) is 5.75 Å². The molecule has 0 unspecified atom stereocenters. The third-order valence-electron chi connectivity index (χ3n) is 9.55. The summed E-state index contributed by atoms with van der Waals surface area (Å²) < 4.78 is 43.6. The van der Waals surface area contributed by atoms with Gasteiger partial charge in [0.2, 0.25) is 17.8 Å². The molecule has 2 aromatic rings. The lowest BCUT2D eigenvalue weighted by Crippen LogP contribution is -2.48. The molecule has 0 radical (unpaired) electrons. The highest BCUT2D eigenvalue weighted by molar-refractivity contribution is 6.13. The van der Waals surface area contributed by atoms with E-state index < -0.39 is 35.6 Å². The van der Waals surface area contributed by atoms with Gasteiger partial charge in [-0.25, -0.2) is 14.8 Å². The molecule has 5 amide bonds. The highest BCUT2D eigenvalue weighted by Gasteiger charge is 2.25. The molecular formula is C45H67N7O16. The van der Waals surface area contributed by atoms with Gasteiger partial charge >= 0.3 is 5.97 Å². The molecule has 378 valence electrons. The summed E-state index contributed by atoms with van der Waals surface area (Å²) in [6, 6.07) is 5.65. The van der Waals surface area contributed by atoms with Crippen LogP contribution in [-0.4, -0.2) is 199 Å². The van der Waals surface area contributed by atoms with Crippen LogP contribution in [0.2, 0.25) is 0 Å². The van der Waals surface area contributed by atoms with Gasteiger partial charge < -0.3 is 69.4 Å². The number of anilines is 1. The Hall–Kier alpha value is -5.66. The number of hydrogen-bond donors (Lipinski definition) is 6. The lowest BCUT2D eigenvalue weighted by molar-refractivity contribution is -0.140. The molecule has 23 heteroatoms. The molecule has 1 aromatic carbocycles. The van der Waals surface area contributed by atoms with Gasteiger partial charge in [0, 0.05) is 51.2 Å². The number of imide groups is 1. The standard InChI is InChI=1S/C45H67N7O16/c1-33-42(34(2)50-45(49-33)47-12-4-6-35-5-3-7-36(53)31-35)43(58)51-37(44(59)60)32-48-39(55)11-15-61-17-19-63-21-23-65-25-27-67-29-30-68-28-26-66-24-22-64-20-18-62-16-13-46-38(54)10-14-52-40(56)8-9-41(52)57/h3,5,7-9,31,37,53H,4,6,10-30,32H2,1-2H3,(H,46,54)(H,48,55)(H,51,58)(H,59,60)(H,47,49,50)/t37-/m0/s1. The van der Waals surface area contributed by atoms with E-state index in [1.165, 1.54) is 12.2 Å². The average molecular weight is 962 g/mol. The van der Waals surface area contributed by atoms with E-state index in [1.54, 1.807) is 32.0 Å². The molecule has 0 bridgehead atoms. The van der Waals surface area contributed by atoms with Crippen molar-refractivity contribution in [2.45, 2.75) is 45.6 Å². The van der Waals surface area contributed by atoms with Crippen molar-refractivity contribution in [3.05, 3.63) is 58.9 Å². The minimum atomic E-state index is -1.39. The molecule has 1 aromatic heterocycles. The minimum Gasteiger partial charge on any atom is -0.508 e. The van der Waals surface area contributed by atoms with Crippen molar-refractivity contribution in [3.8, 4) is 5.75 Å². The number of ether oxygens (including phenoxy) is 8. The molecule has 3 rings (SSSR count). The first kappa shape index (κ1) is 56.7. The van der Waals surface area contributed by atoms with E-state index in [0.29, 0.717) is 123 Å². The predicted molar refractivity (Wildman–Crippen MR) is 243 cm³/mol. The Morgan fingerprint density at radius 2 is 1.13 bits per heavy atom. The third kappa shape index (κ3) is 24.9. The summed E-state index contributed by atoms with van der Waals surface area (Å²) in [5, 5.41) is 30.1. The van der Waals surface area contributed by atoms with Crippen molar-refractivity contribution in [2.24, 2.45) is 0 Å². The average Bonchev–Trinajstić information content (AvgIpc) is 3.63. The lowest BCUT2D eigenvalue weighted by Gasteiger charge is -2.17. The highest BCUT2D eigenvalue weighted by atomic mass is 16.6. The molecule has 1 aliphatic rings. The van der Waals surface area contributed by atoms with E-state index in [9.17, 15) is 39.0 Å². The number of carboxylic acids is 1. The highest BCUT2D eigenvalue weighted by Crippen LogP contribution is 2.15. The Labute approximate surface area is 395 Å². The fourth-order valence-electron chi connectivity index (χ4n) is 6.09. The smallest absolute Gasteiger partial charge is 0.328 e. The normalized spacial score (nSPS) is 12.6. The number of aromatic nitrogens is 2. The fraction of sp³-hybridized carbons (Fsp3) is 0.600. The van der Waals surface area contributed by atoms with Gasteiger partial charge in [-0.1, -0.05) is 12.1 Å². The van der Waals surface area contributed by atoms with Crippen LogP contribution in [0.4, 0.5) is 5.95 Å². The lowest BCUT2D eigenvalue weighted by atomic mass is 10.1. The maximum Gasteiger partial charge on any atom is 0.328 e. The number of phenols is 1. The number of amides is 5. The van der Waals surface area contributed by atoms with E-state index in [-0.39, 0.29) is 56.4 Å². The van der Waals surface area contributed by atoms with Crippen LogP contribution in [0, 0.1) is 13.8 Å². The summed E-state index contributed by atoms with van der Waals surface area (Å²) in [5.74, 6) is -2.99. The zero-order valence-corrected chi connectivity index (χ0v) is 39.0. The second kappa shape index (κ2) is 34.6. The van der Waals surface area contributed by atoms with E-state index in [1.807, 2.05) is 6.07 Å².